The van der Waals surface area contributed by atoms with Gasteiger partial charge in [0.15, 0.2) is 11.5 Å². The minimum absolute atomic E-state index is 0.172. The van der Waals surface area contributed by atoms with Crippen LogP contribution in [0, 0.1) is 0 Å². The van der Waals surface area contributed by atoms with Gasteiger partial charge in [-0.05, 0) is 24.3 Å². The van der Waals surface area contributed by atoms with Crippen LogP contribution in [0.5, 0.6) is 0 Å². The second-order valence-electron chi connectivity index (χ2n) is 3.94. The maximum Gasteiger partial charge on any atom is 0.335 e. The summed E-state index contributed by atoms with van der Waals surface area (Å²) >= 11 is 6.08. The normalized spacial score (nSPS) is 10.8. The van der Waals surface area contributed by atoms with Gasteiger partial charge in [0.2, 0.25) is 0 Å². The maximum absolute atomic E-state index is 10.9. The van der Waals surface area contributed by atoms with Gasteiger partial charge in [-0.1, -0.05) is 23.7 Å². The van der Waals surface area contributed by atoms with Gasteiger partial charge in [-0.2, -0.15) is 0 Å². The van der Waals surface area contributed by atoms with Gasteiger partial charge in [0.05, 0.1) is 10.6 Å². The molecule has 0 saturated carbocycles. The Labute approximate surface area is 113 Å². The Balaban J connectivity index is 2.17. The maximum atomic E-state index is 10.9. The molecule has 0 bridgehead atoms. The summed E-state index contributed by atoms with van der Waals surface area (Å²) < 4.78 is 1.52. The molecule has 1 aromatic carbocycles. The lowest BCUT2D eigenvalue weighted by atomic mass is 10.2. The van der Waals surface area contributed by atoms with E-state index in [2.05, 4.69) is 10.1 Å². The Hall–Kier alpha value is -2.40. The molecule has 0 aliphatic carbocycles. The van der Waals surface area contributed by atoms with E-state index in [1.165, 1.54) is 16.6 Å². The van der Waals surface area contributed by atoms with Crippen molar-refractivity contribution in [1.29, 1.82) is 0 Å². The fourth-order valence-electron chi connectivity index (χ4n) is 1.77. The fraction of sp³-hybridized carbons (Fsp3) is 0. The lowest BCUT2D eigenvalue weighted by molar-refractivity contribution is 0.0697. The fourth-order valence-corrected chi connectivity index (χ4v) is 1.99. The van der Waals surface area contributed by atoms with E-state index in [0.717, 1.165) is 0 Å². The van der Waals surface area contributed by atoms with Gasteiger partial charge in [-0.3, -0.25) is 0 Å². The molecular formula is C13H8ClN3O2. The molecule has 5 nitrogen and oxygen atoms in total. The van der Waals surface area contributed by atoms with E-state index in [0.29, 0.717) is 22.1 Å². The number of halogens is 1. The molecule has 0 fully saturated rings. The number of aromatic carboxylic acids is 1. The predicted octanol–water partition coefficient (Wildman–Crippen LogP) is 2.75. The quantitative estimate of drug-likeness (QED) is 0.779. The first-order valence-electron chi connectivity index (χ1n) is 5.50. The Morgan fingerprint density at radius 2 is 2.05 bits per heavy atom. The number of fused-ring (bicyclic) bond motifs is 1. The number of pyridine rings is 1. The van der Waals surface area contributed by atoms with Crippen molar-refractivity contribution in [1.82, 2.24) is 14.6 Å². The van der Waals surface area contributed by atoms with Crippen LogP contribution in [0.1, 0.15) is 10.4 Å². The molecule has 0 saturated heterocycles. The number of nitrogens with zero attached hydrogens (tertiary/aromatic N) is 3. The molecule has 0 aliphatic heterocycles. The highest BCUT2D eigenvalue weighted by atomic mass is 35.5. The summed E-state index contributed by atoms with van der Waals surface area (Å²) in [5.74, 6) is -0.530. The van der Waals surface area contributed by atoms with Gasteiger partial charge in [0, 0.05) is 11.8 Å². The lowest BCUT2D eigenvalue weighted by Gasteiger charge is -1.96. The van der Waals surface area contributed by atoms with Crippen molar-refractivity contribution < 1.29 is 9.90 Å². The molecule has 0 atom stereocenters. The van der Waals surface area contributed by atoms with Gasteiger partial charge in [-0.25, -0.2) is 14.3 Å². The summed E-state index contributed by atoms with van der Waals surface area (Å²) in [6, 6.07) is 10.2. The number of hydrogen-bond acceptors (Lipinski definition) is 3. The number of carboxylic acid groups (broad SMARTS) is 1. The zero-order chi connectivity index (χ0) is 13.4. The number of benzene rings is 1. The van der Waals surface area contributed by atoms with Crippen LogP contribution < -0.4 is 0 Å². The highest BCUT2D eigenvalue weighted by Crippen LogP contribution is 2.25. The average molecular weight is 274 g/mol. The lowest BCUT2D eigenvalue weighted by Crippen LogP contribution is -1.97. The first-order chi connectivity index (χ1) is 9.15. The molecule has 0 spiro atoms. The van der Waals surface area contributed by atoms with Gasteiger partial charge >= 0.3 is 5.97 Å². The third kappa shape index (κ3) is 2.04. The summed E-state index contributed by atoms with van der Waals surface area (Å²) in [6.07, 6.45) is 1.56. The van der Waals surface area contributed by atoms with Gasteiger partial charge in [0.25, 0.3) is 0 Å². The smallest absolute Gasteiger partial charge is 0.335 e. The van der Waals surface area contributed by atoms with Crippen LogP contribution in [-0.2, 0) is 0 Å². The van der Waals surface area contributed by atoms with Crippen LogP contribution in [-0.4, -0.2) is 25.7 Å². The highest BCUT2D eigenvalue weighted by Gasteiger charge is 2.11. The van der Waals surface area contributed by atoms with Crippen LogP contribution in [0.2, 0.25) is 5.02 Å². The van der Waals surface area contributed by atoms with Gasteiger partial charge in [-0.15, -0.1) is 5.10 Å². The van der Waals surface area contributed by atoms with E-state index >= 15 is 0 Å². The van der Waals surface area contributed by atoms with E-state index in [1.807, 2.05) is 18.2 Å². The molecule has 3 rings (SSSR count). The standard InChI is InChI=1S/C13H8ClN3O2/c14-10-4-2-1-3-9(10)12-15-11-7-8(13(18)19)5-6-17(11)16-12/h1-7H,(H,18,19). The van der Waals surface area contributed by atoms with E-state index in [-0.39, 0.29) is 5.56 Å². The van der Waals surface area contributed by atoms with Crippen molar-refractivity contribution in [2.24, 2.45) is 0 Å². The molecule has 2 aromatic heterocycles. The number of hydrogen-bond donors (Lipinski definition) is 1. The Morgan fingerprint density at radius 1 is 1.26 bits per heavy atom. The molecule has 0 radical (unpaired) electrons. The van der Waals surface area contributed by atoms with Crippen LogP contribution >= 0.6 is 11.6 Å². The topological polar surface area (TPSA) is 67.5 Å². The van der Waals surface area contributed by atoms with Gasteiger partial charge < -0.3 is 5.11 Å². The van der Waals surface area contributed by atoms with Crippen LogP contribution in [0.3, 0.4) is 0 Å². The molecule has 19 heavy (non-hydrogen) atoms. The summed E-state index contributed by atoms with van der Waals surface area (Å²) in [5, 5.41) is 13.8. The zero-order valence-electron chi connectivity index (χ0n) is 9.62. The van der Waals surface area contributed by atoms with E-state index in [4.69, 9.17) is 16.7 Å². The number of carboxylic acids is 1. The molecule has 94 valence electrons. The summed E-state index contributed by atoms with van der Waals surface area (Å²) in [6.45, 7) is 0. The number of carbonyl (C=O) groups is 1. The van der Waals surface area contributed by atoms with Crippen molar-refractivity contribution in [3.63, 3.8) is 0 Å². The molecule has 2 heterocycles. The molecule has 0 amide bonds. The molecule has 0 aliphatic rings. The summed E-state index contributed by atoms with van der Waals surface area (Å²) in [7, 11) is 0. The van der Waals surface area contributed by atoms with Crippen molar-refractivity contribution in [2.75, 3.05) is 0 Å². The first kappa shape index (κ1) is 11.7. The zero-order valence-corrected chi connectivity index (χ0v) is 10.4. The van der Waals surface area contributed by atoms with Crippen LogP contribution in [0.15, 0.2) is 42.6 Å². The van der Waals surface area contributed by atoms with Crippen molar-refractivity contribution in [2.45, 2.75) is 0 Å². The van der Waals surface area contributed by atoms with Crippen molar-refractivity contribution in [3.05, 3.63) is 53.2 Å². The third-order valence-corrected chi connectivity index (χ3v) is 3.03. The van der Waals surface area contributed by atoms with Gasteiger partial charge in [0.1, 0.15) is 0 Å². The van der Waals surface area contributed by atoms with Crippen molar-refractivity contribution >= 4 is 23.2 Å². The number of rotatable bonds is 2. The average Bonchev–Trinajstić information content (AvgIpc) is 2.81. The molecule has 6 heteroatoms. The monoisotopic (exact) mass is 273 g/mol. The summed E-state index contributed by atoms with van der Waals surface area (Å²) in [5.41, 5.74) is 1.35. The Kier molecular flexibility index (Phi) is 2.68. The molecule has 3 aromatic rings. The molecular weight excluding hydrogens is 266 g/mol. The SMILES string of the molecule is O=C(O)c1ccn2nc(-c3ccccc3Cl)nc2c1. The van der Waals surface area contributed by atoms with E-state index in [9.17, 15) is 4.79 Å². The third-order valence-electron chi connectivity index (χ3n) is 2.70. The highest BCUT2D eigenvalue weighted by molar-refractivity contribution is 6.33. The predicted molar refractivity (Wildman–Crippen MR) is 70.4 cm³/mol. The Morgan fingerprint density at radius 3 is 2.79 bits per heavy atom. The minimum Gasteiger partial charge on any atom is -0.478 e. The van der Waals surface area contributed by atoms with E-state index in [1.54, 1.807) is 12.3 Å². The number of aromatic nitrogens is 3. The largest absolute Gasteiger partial charge is 0.478 e. The summed E-state index contributed by atoms with van der Waals surface area (Å²) in [4.78, 5) is 15.2. The van der Waals surface area contributed by atoms with Crippen molar-refractivity contribution in [3.8, 4) is 11.4 Å². The second kappa shape index (κ2) is 4.37. The molecule has 1 N–H and O–H groups in total. The van der Waals surface area contributed by atoms with E-state index < -0.39 is 5.97 Å². The minimum atomic E-state index is -0.996. The van der Waals surface area contributed by atoms with Crippen LogP contribution in [0.25, 0.3) is 17.0 Å². The Bertz CT molecular complexity index is 782. The molecule has 0 unspecified atom stereocenters. The first-order valence-corrected chi connectivity index (χ1v) is 5.87. The van der Waals surface area contributed by atoms with Crippen LogP contribution in [0.4, 0.5) is 0 Å². The second-order valence-corrected chi connectivity index (χ2v) is 4.35.